The Kier molecular flexibility index (Phi) is 4.15. The summed E-state index contributed by atoms with van der Waals surface area (Å²) in [4.78, 5) is 20.6. The highest BCUT2D eigenvalue weighted by molar-refractivity contribution is 5.83. The molecular weight excluding hydrogens is 295 g/mol. The molecule has 0 aliphatic carbocycles. The second-order valence-corrected chi connectivity index (χ2v) is 7.27. The van der Waals surface area contributed by atoms with Crippen LogP contribution >= 0.6 is 0 Å². The molecule has 23 heavy (non-hydrogen) atoms. The van der Waals surface area contributed by atoms with E-state index in [0.717, 1.165) is 29.3 Å². The topological polar surface area (TPSA) is 45.3 Å². The molecule has 4 nitrogen and oxygen atoms in total. The summed E-state index contributed by atoms with van der Waals surface area (Å²) >= 11 is 0. The van der Waals surface area contributed by atoms with Crippen LogP contribution in [0.15, 0.2) is 24.4 Å². The van der Waals surface area contributed by atoms with E-state index < -0.39 is 5.41 Å². The van der Waals surface area contributed by atoms with E-state index in [1.165, 1.54) is 6.07 Å². The first-order chi connectivity index (χ1) is 10.8. The minimum absolute atomic E-state index is 0.204. The molecule has 124 valence electrons. The van der Waals surface area contributed by atoms with Gasteiger partial charge in [-0.1, -0.05) is 0 Å². The third-order valence-electron chi connectivity index (χ3n) is 4.39. The van der Waals surface area contributed by atoms with Crippen LogP contribution in [0.4, 0.5) is 4.39 Å². The number of H-pyrrole nitrogens is 1. The molecule has 2 aromatic rings. The number of hydroxylamine groups is 2. The first kappa shape index (κ1) is 16.0. The van der Waals surface area contributed by atoms with E-state index in [-0.39, 0.29) is 11.8 Å². The lowest BCUT2D eigenvalue weighted by molar-refractivity contribution is -0.204. The highest BCUT2D eigenvalue weighted by Crippen LogP contribution is 2.33. The van der Waals surface area contributed by atoms with E-state index in [0.29, 0.717) is 19.0 Å². The van der Waals surface area contributed by atoms with Gasteiger partial charge in [-0.15, -0.1) is 5.06 Å². The molecule has 2 heterocycles. The van der Waals surface area contributed by atoms with Gasteiger partial charge >= 0.3 is 5.97 Å². The Morgan fingerprint density at radius 2 is 2.00 bits per heavy atom. The molecule has 0 bridgehead atoms. The molecule has 1 aromatic heterocycles. The lowest BCUT2D eigenvalue weighted by Crippen LogP contribution is -2.38. The lowest BCUT2D eigenvalue weighted by Gasteiger charge is -2.32. The number of rotatable bonds is 2. The van der Waals surface area contributed by atoms with Crippen molar-refractivity contribution in [3.05, 3.63) is 35.8 Å². The van der Waals surface area contributed by atoms with Gasteiger partial charge in [0, 0.05) is 30.2 Å². The molecule has 1 N–H and O–H groups in total. The maximum Gasteiger partial charge on any atom is 0.330 e. The molecule has 1 aromatic carbocycles. The summed E-state index contributed by atoms with van der Waals surface area (Å²) in [6.07, 6.45) is 3.76. The van der Waals surface area contributed by atoms with Crippen LogP contribution in [0, 0.1) is 11.2 Å². The van der Waals surface area contributed by atoms with E-state index in [1.54, 1.807) is 17.2 Å². The molecule has 1 aliphatic rings. The van der Waals surface area contributed by atoms with E-state index in [2.05, 4.69) is 4.98 Å². The van der Waals surface area contributed by atoms with E-state index in [1.807, 2.05) is 27.0 Å². The largest absolute Gasteiger partial charge is 0.367 e. The van der Waals surface area contributed by atoms with Crippen molar-refractivity contribution in [2.45, 2.75) is 39.5 Å². The Hall–Kier alpha value is -1.88. The highest BCUT2D eigenvalue weighted by Gasteiger charge is 2.29. The molecule has 1 aliphatic heterocycles. The van der Waals surface area contributed by atoms with E-state index in [4.69, 9.17) is 4.84 Å². The van der Waals surface area contributed by atoms with Gasteiger partial charge < -0.3 is 9.82 Å². The molecule has 0 unspecified atom stereocenters. The van der Waals surface area contributed by atoms with Crippen LogP contribution in [0.5, 0.6) is 0 Å². The van der Waals surface area contributed by atoms with Gasteiger partial charge in [0.2, 0.25) is 0 Å². The minimum Gasteiger partial charge on any atom is -0.367 e. The van der Waals surface area contributed by atoms with Crippen molar-refractivity contribution in [1.29, 1.82) is 0 Å². The van der Waals surface area contributed by atoms with Gasteiger partial charge in [0.1, 0.15) is 5.82 Å². The van der Waals surface area contributed by atoms with Crippen LogP contribution < -0.4 is 0 Å². The normalized spacial score (nSPS) is 17.6. The third-order valence-corrected chi connectivity index (χ3v) is 4.39. The Labute approximate surface area is 135 Å². The van der Waals surface area contributed by atoms with Gasteiger partial charge in [0.25, 0.3) is 0 Å². The molecule has 0 amide bonds. The Morgan fingerprint density at radius 1 is 1.30 bits per heavy atom. The summed E-state index contributed by atoms with van der Waals surface area (Å²) in [6.45, 7) is 6.96. The zero-order chi connectivity index (χ0) is 16.6. The number of hydrogen-bond donors (Lipinski definition) is 1. The van der Waals surface area contributed by atoms with Crippen LogP contribution in [0.3, 0.4) is 0 Å². The summed E-state index contributed by atoms with van der Waals surface area (Å²) in [5.41, 5.74) is 1.62. The van der Waals surface area contributed by atoms with Crippen molar-refractivity contribution in [3.8, 4) is 0 Å². The highest BCUT2D eigenvalue weighted by atomic mass is 19.1. The quantitative estimate of drug-likeness (QED) is 0.910. The van der Waals surface area contributed by atoms with Gasteiger partial charge in [-0.2, -0.15) is 0 Å². The summed E-state index contributed by atoms with van der Waals surface area (Å²) in [7, 11) is 0. The third kappa shape index (κ3) is 3.39. The van der Waals surface area contributed by atoms with Gasteiger partial charge in [-0.05, 0) is 63.3 Å². The standard InChI is InChI=1S/C18H23FN2O2/c1-18(2,3)17(22)23-21-8-6-12(7-9-21)15-11-20-16-5-4-13(19)10-14(15)16/h4-5,10-12,20H,6-9H2,1-3H3. The van der Waals surface area contributed by atoms with Gasteiger partial charge in [-0.3, -0.25) is 0 Å². The number of carbonyl (C=O) groups is 1. The molecule has 0 radical (unpaired) electrons. The Morgan fingerprint density at radius 3 is 2.65 bits per heavy atom. The van der Waals surface area contributed by atoms with Crippen LogP contribution in [0.25, 0.3) is 10.9 Å². The molecule has 0 saturated carbocycles. The summed E-state index contributed by atoms with van der Waals surface area (Å²) < 4.78 is 13.5. The lowest BCUT2D eigenvalue weighted by atomic mass is 9.90. The van der Waals surface area contributed by atoms with Crippen molar-refractivity contribution < 1.29 is 14.0 Å². The number of hydrogen-bond acceptors (Lipinski definition) is 3. The molecule has 1 fully saturated rings. The fourth-order valence-electron chi connectivity index (χ4n) is 2.96. The molecule has 0 atom stereocenters. The molecule has 1 saturated heterocycles. The summed E-state index contributed by atoms with van der Waals surface area (Å²) in [6, 6.07) is 4.83. The van der Waals surface area contributed by atoms with Crippen molar-refractivity contribution in [3.63, 3.8) is 0 Å². The maximum atomic E-state index is 13.5. The number of halogens is 1. The minimum atomic E-state index is -0.495. The summed E-state index contributed by atoms with van der Waals surface area (Å²) in [5.74, 6) is -0.0600. The van der Waals surface area contributed by atoms with Crippen molar-refractivity contribution in [2.75, 3.05) is 13.1 Å². The predicted molar refractivity (Wildman–Crippen MR) is 87.4 cm³/mol. The monoisotopic (exact) mass is 318 g/mol. The van der Waals surface area contributed by atoms with Crippen molar-refractivity contribution >= 4 is 16.9 Å². The van der Waals surface area contributed by atoms with Crippen LogP contribution in [-0.4, -0.2) is 29.1 Å². The zero-order valence-electron chi connectivity index (χ0n) is 13.9. The predicted octanol–water partition coefficient (Wildman–Crippen LogP) is 3.99. The first-order valence-electron chi connectivity index (χ1n) is 8.08. The van der Waals surface area contributed by atoms with Crippen LogP contribution in [0.1, 0.15) is 45.1 Å². The van der Waals surface area contributed by atoms with Gasteiger partial charge in [-0.25, -0.2) is 9.18 Å². The number of piperidine rings is 1. The number of fused-ring (bicyclic) bond motifs is 1. The number of nitrogens with one attached hydrogen (secondary N) is 1. The van der Waals surface area contributed by atoms with Crippen LogP contribution in [-0.2, 0) is 9.63 Å². The molecule has 5 heteroatoms. The molecule has 3 rings (SSSR count). The maximum absolute atomic E-state index is 13.5. The fraction of sp³-hybridized carbons (Fsp3) is 0.500. The van der Waals surface area contributed by atoms with Gasteiger partial charge in [0.15, 0.2) is 0 Å². The number of benzene rings is 1. The molecular formula is C18H23FN2O2. The average Bonchev–Trinajstić information content (AvgIpc) is 2.90. The number of nitrogens with zero attached hydrogens (tertiary/aromatic N) is 1. The zero-order valence-corrected chi connectivity index (χ0v) is 13.9. The summed E-state index contributed by atoms with van der Waals surface area (Å²) in [5, 5.41) is 2.70. The van der Waals surface area contributed by atoms with Crippen molar-refractivity contribution in [1.82, 2.24) is 10.0 Å². The van der Waals surface area contributed by atoms with E-state index >= 15 is 0 Å². The van der Waals surface area contributed by atoms with Gasteiger partial charge in [0.05, 0.1) is 5.41 Å². The second-order valence-electron chi connectivity index (χ2n) is 7.27. The van der Waals surface area contributed by atoms with Crippen molar-refractivity contribution in [2.24, 2.45) is 5.41 Å². The first-order valence-corrected chi connectivity index (χ1v) is 8.08. The number of aromatic amines is 1. The second kappa shape index (κ2) is 5.96. The Balaban J connectivity index is 1.67. The number of aromatic nitrogens is 1. The Bertz CT molecular complexity index is 709. The number of carbonyl (C=O) groups excluding carboxylic acids is 1. The van der Waals surface area contributed by atoms with E-state index in [9.17, 15) is 9.18 Å². The average molecular weight is 318 g/mol. The SMILES string of the molecule is CC(C)(C)C(=O)ON1CCC(c2c[nH]c3ccc(F)cc23)CC1. The van der Waals surface area contributed by atoms with Crippen LogP contribution in [0.2, 0.25) is 0 Å². The smallest absolute Gasteiger partial charge is 0.330 e. The fourth-order valence-corrected chi connectivity index (χ4v) is 2.96. The molecule has 0 spiro atoms.